The Bertz CT molecular complexity index is 756. The molecule has 106 valence electrons. The quantitative estimate of drug-likeness (QED) is 0.936. The van der Waals surface area contributed by atoms with E-state index in [1.165, 1.54) is 18.4 Å². The first-order chi connectivity index (χ1) is 9.31. The number of rotatable bonds is 4. The molecule has 0 radical (unpaired) electrons. The number of sulfone groups is 1. The summed E-state index contributed by atoms with van der Waals surface area (Å²) in [6.07, 6.45) is 1.18. The van der Waals surface area contributed by atoms with Crippen LogP contribution < -0.4 is 0 Å². The van der Waals surface area contributed by atoms with Crippen LogP contribution in [0.25, 0.3) is 0 Å². The molecule has 0 aliphatic heterocycles. The van der Waals surface area contributed by atoms with Crippen LogP contribution >= 0.6 is 0 Å². The molecule has 1 aromatic carbocycles. The minimum atomic E-state index is -3.60. The van der Waals surface area contributed by atoms with E-state index in [2.05, 4.69) is 0 Å². The molecular weight excluding hydrogens is 280 g/mol. The number of hydrogen-bond donors (Lipinski definition) is 1. The molecule has 0 spiro atoms. The highest BCUT2D eigenvalue weighted by Gasteiger charge is 2.22. The topological polar surface area (TPSA) is 84.6 Å². The third-order valence-electron chi connectivity index (χ3n) is 3.12. The van der Waals surface area contributed by atoms with Gasteiger partial charge in [-0.15, -0.1) is 0 Å². The summed E-state index contributed by atoms with van der Waals surface area (Å²) in [6, 6.07) is 6.21. The molecule has 0 aliphatic carbocycles. The lowest BCUT2D eigenvalue weighted by Crippen LogP contribution is -2.08. The normalized spacial score (nSPS) is 11.5. The Hall–Kier alpha value is -2.08. The van der Waals surface area contributed by atoms with Gasteiger partial charge in [0, 0.05) is 5.56 Å². The molecule has 2 aromatic rings. The fraction of sp³-hybridized carbons (Fsp3) is 0.214. The zero-order valence-electron chi connectivity index (χ0n) is 11.1. The monoisotopic (exact) mass is 294 g/mol. The van der Waals surface area contributed by atoms with Gasteiger partial charge in [0.25, 0.3) is 0 Å². The molecule has 1 N–H and O–H groups in total. The SMILES string of the molecule is Cc1ccc(S(=O)(=O)Cc2ccoc2C(=O)O)cc1C. The maximum Gasteiger partial charge on any atom is 0.372 e. The molecule has 6 heteroatoms. The lowest BCUT2D eigenvalue weighted by molar-refractivity contribution is 0.0661. The highest BCUT2D eigenvalue weighted by molar-refractivity contribution is 7.90. The van der Waals surface area contributed by atoms with Crippen molar-refractivity contribution in [3.8, 4) is 0 Å². The summed E-state index contributed by atoms with van der Waals surface area (Å²) >= 11 is 0. The van der Waals surface area contributed by atoms with Crippen molar-refractivity contribution in [2.24, 2.45) is 0 Å². The molecule has 0 amide bonds. The molecule has 0 aliphatic rings. The largest absolute Gasteiger partial charge is 0.475 e. The second-order valence-corrected chi connectivity index (χ2v) is 6.57. The van der Waals surface area contributed by atoms with Crippen LogP contribution in [0.3, 0.4) is 0 Å². The van der Waals surface area contributed by atoms with Crippen LogP contribution in [-0.4, -0.2) is 19.5 Å². The molecule has 1 heterocycles. The summed E-state index contributed by atoms with van der Waals surface area (Å²) in [4.78, 5) is 11.1. The molecule has 0 fully saturated rings. The van der Waals surface area contributed by atoms with E-state index in [-0.39, 0.29) is 16.2 Å². The minimum absolute atomic E-state index is 0.149. The number of aromatic carboxylic acids is 1. The summed E-state index contributed by atoms with van der Waals surface area (Å²) in [5, 5.41) is 8.91. The van der Waals surface area contributed by atoms with Gasteiger partial charge in [0.1, 0.15) is 0 Å². The van der Waals surface area contributed by atoms with Crippen molar-refractivity contribution >= 4 is 15.8 Å². The summed E-state index contributed by atoms with van der Waals surface area (Å²) in [7, 11) is -3.60. The van der Waals surface area contributed by atoms with E-state index in [1.54, 1.807) is 12.1 Å². The van der Waals surface area contributed by atoms with Gasteiger partial charge in [0.05, 0.1) is 16.9 Å². The fourth-order valence-corrected chi connectivity index (χ4v) is 3.27. The van der Waals surface area contributed by atoms with Gasteiger partial charge in [-0.3, -0.25) is 0 Å². The molecule has 0 saturated carbocycles. The van der Waals surface area contributed by atoms with Gasteiger partial charge in [-0.1, -0.05) is 6.07 Å². The predicted octanol–water partition coefficient (Wildman–Crippen LogP) is 2.57. The molecule has 20 heavy (non-hydrogen) atoms. The van der Waals surface area contributed by atoms with Crippen molar-refractivity contribution in [2.45, 2.75) is 24.5 Å². The van der Waals surface area contributed by atoms with E-state index >= 15 is 0 Å². The van der Waals surface area contributed by atoms with Crippen LogP contribution in [0.4, 0.5) is 0 Å². The first-order valence-corrected chi connectivity index (χ1v) is 7.56. The minimum Gasteiger partial charge on any atom is -0.475 e. The number of carboxylic acid groups (broad SMARTS) is 1. The Morgan fingerprint density at radius 1 is 1.20 bits per heavy atom. The third kappa shape index (κ3) is 2.75. The second kappa shape index (κ2) is 5.13. The Morgan fingerprint density at radius 2 is 1.90 bits per heavy atom. The van der Waals surface area contributed by atoms with Gasteiger partial charge in [-0.2, -0.15) is 0 Å². The van der Waals surface area contributed by atoms with Gasteiger partial charge in [0.2, 0.25) is 5.76 Å². The first-order valence-electron chi connectivity index (χ1n) is 5.91. The standard InChI is InChI=1S/C14H14O5S/c1-9-3-4-12(7-10(9)2)20(17,18)8-11-5-6-19-13(11)14(15)16/h3-7H,8H2,1-2H3,(H,15,16). The highest BCUT2D eigenvalue weighted by atomic mass is 32.2. The molecule has 2 rings (SSSR count). The van der Waals surface area contributed by atoms with Crippen molar-refractivity contribution < 1.29 is 22.7 Å². The number of benzene rings is 1. The summed E-state index contributed by atoms with van der Waals surface area (Å²) in [5.41, 5.74) is 2.02. The summed E-state index contributed by atoms with van der Waals surface area (Å²) in [5.74, 6) is -2.01. The molecule has 0 unspecified atom stereocenters. The maximum atomic E-state index is 12.3. The van der Waals surface area contributed by atoms with Crippen LogP contribution in [0, 0.1) is 13.8 Å². The zero-order chi connectivity index (χ0) is 14.9. The number of carboxylic acids is 1. The van der Waals surface area contributed by atoms with Gasteiger partial charge < -0.3 is 9.52 Å². The molecule has 0 bridgehead atoms. The smallest absolute Gasteiger partial charge is 0.372 e. The Kier molecular flexibility index (Phi) is 3.67. The first kappa shape index (κ1) is 14.3. The molecule has 1 aromatic heterocycles. The van der Waals surface area contributed by atoms with Gasteiger partial charge in [-0.25, -0.2) is 13.2 Å². The number of furan rings is 1. The Morgan fingerprint density at radius 3 is 2.50 bits per heavy atom. The van der Waals surface area contributed by atoms with Crippen LogP contribution in [0.15, 0.2) is 39.8 Å². The average molecular weight is 294 g/mol. The van der Waals surface area contributed by atoms with Gasteiger partial charge in [-0.05, 0) is 43.2 Å². The summed E-state index contributed by atoms with van der Waals surface area (Å²) < 4.78 is 29.4. The second-order valence-electron chi connectivity index (χ2n) is 4.59. The van der Waals surface area contributed by atoms with Crippen LogP contribution in [0.2, 0.25) is 0 Å². The number of hydrogen-bond acceptors (Lipinski definition) is 4. The van der Waals surface area contributed by atoms with Crippen molar-refractivity contribution in [3.63, 3.8) is 0 Å². The predicted molar refractivity (Wildman–Crippen MR) is 72.5 cm³/mol. The molecule has 0 atom stereocenters. The fourth-order valence-electron chi connectivity index (χ4n) is 1.83. The molecule has 5 nitrogen and oxygen atoms in total. The van der Waals surface area contributed by atoms with Crippen LogP contribution in [0.1, 0.15) is 27.2 Å². The highest BCUT2D eigenvalue weighted by Crippen LogP contribution is 2.22. The third-order valence-corrected chi connectivity index (χ3v) is 4.79. The zero-order valence-corrected chi connectivity index (χ0v) is 11.9. The van der Waals surface area contributed by atoms with E-state index in [1.807, 2.05) is 13.8 Å². The van der Waals surface area contributed by atoms with Crippen LogP contribution in [0.5, 0.6) is 0 Å². The lowest BCUT2D eigenvalue weighted by atomic mass is 10.1. The van der Waals surface area contributed by atoms with E-state index < -0.39 is 21.6 Å². The molecular formula is C14H14O5S. The van der Waals surface area contributed by atoms with Crippen molar-refractivity contribution in [2.75, 3.05) is 0 Å². The lowest BCUT2D eigenvalue weighted by Gasteiger charge is -2.06. The van der Waals surface area contributed by atoms with E-state index in [0.29, 0.717) is 0 Å². The van der Waals surface area contributed by atoms with E-state index in [0.717, 1.165) is 11.1 Å². The van der Waals surface area contributed by atoms with Crippen molar-refractivity contribution in [1.82, 2.24) is 0 Å². The van der Waals surface area contributed by atoms with Gasteiger partial charge in [0.15, 0.2) is 9.84 Å². The van der Waals surface area contributed by atoms with E-state index in [4.69, 9.17) is 9.52 Å². The van der Waals surface area contributed by atoms with Crippen molar-refractivity contribution in [3.05, 3.63) is 53.0 Å². The maximum absolute atomic E-state index is 12.3. The molecule has 0 saturated heterocycles. The summed E-state index contributed by atoms with van der Waals surface area (Å²) in [6.45, 7) is 3.72. The Balaban J connectivity index is 2.38. The number of aryl methyl sites for hydroxylation is 2. The van der Waals surface area contributed by atoms with Gasteiger partial charge >= 0.3 is 5.97 Å². The number of carbonyl (C=O) groups is 1. The average Bonchev–Trinajstić information content (AvgIpc) is 2.80. The van der Waals surface area contributed by atoms with E-state index in [9.17, 15) is 13.2 Å². The van der Waals surface area contributed by atoms with Crippen molar-refractivity contribution in [1.29, 1.82) is 0 Å². The Labute approximate surface area is 116 Å². The van der Waals surface area contributed by atoms with Crippen LogP contribution in [-0.2, 0) is 15.6 Å².